The van der Waals surface area contributed by atoms with E-state index in [4.69, 9.17) is 10.3 Å². The van der Waals surface area contributed by atoms with Crippen LogP contribution in [0.1, 0.15) is 12.0 Å². The van der Waals surface area contributed by atoms with Crippen molar-refractivity contribution in [2.75, 3.05) is 24.6 Å². The lowest BCUT2D eigenvalue weighted by atomic mass is 10.00. The van der Waals surface area contributed by atoms with Crippen LogP contribution in [0.4, 0.5) is 5.69 Å². The molecule has 1 aromatic carbocycles. The van der Waals surface area contributed by atoms with Crippen molar-refractivity contribution < 1.29 is 10.3 Å². The third kappa shape index (κ3) is 1.80. The fourth-order valence-electron chi connectivity index (χ4n) is 1.95. The maximum absolute atomic E-state index is 8.95. The highest BCUT2D eigenvalue weighted by atomic mass is 16.4. The molecular weight excluding hydrogens is 192 g/mol. The van der Waals surface area contributed by atoms with E-state index in [9.17, 15) is 0 Å². The summed E-state index contributed by atoms with van der Waals surface area (Å²) in [5, 5.41) is 21.1. The zero-order valence-corrected chi connectivity index (χ0v) is 8.43. The van der Waals surface area contributed by atoms with Gasteiger partial charge in [-0.2, -0.15) is 0 Å². The molecule has 0 amide bonds. The number of benzene rings is 1. The minimum absolute atomic E-state index is 0.139. The molecule has 4 nitrogen and oxygen atoms in total. The number of nitrogens with zero attached hydrogens (tertiary/aromatic N) is 2. The molecule has 0 bridgehead atoms. The van der Waals surface area contributed by atoms with Crippen molar-refractivity contribution in [3.63, 3.8) is 0 Å². The normalized spacial score (nSPS) is 17.9. The number of hydrogen-bond donors (Lipinski definition) is 2. The van der Waals surface area contributed by atoms with Crippen LogP contribution in [0, 0.1) is 0 Å². The molecule has 1 heterocycles. The van der Waals surface area contributed by atoms with Crippen molar-refractivity contribution in [1.82, 2.24) is 0 Å². The largest absolute Gasteiger partial charge is 0.411 e. The van der Waals surface area contributed by atoms with E-state index in [2.05, 4.69) is 10.1 Å². The van der Waals surface area contributed by atoms with Crippen LogP contribution in [0.25, 0.3) is 0 Å². The number of rotatable bonds is 2. The number of aliphatic hydroxyl groups excluding tert-OH is 1. The van der Waals surface area contributed by atoms with E-state index in [0.717, 1.165) is 23.5 Å². The molecular formula is C11H14N2O2. The lowest BCUT2D eigenvalue weighted by Crippen LogP contribution is -2.34. The molecule has 0 saturated heterocycles. The molecule has 0 unspecified atom stereocenters. The molecule has 15 heavy (non-hydrogen) atoms. The second kappa shape index (κ2) is 4.31. The SMILES string of the molecule is OCCN1CCC(=NO)c2ccccc21. The van der Waals surface area contributed by atoms with Crippen LogP contribution in [0.5, 0.6) is 0 Å². The second-order valence-electron chi connectivity index (χ2n) is 3.52. The average Bonchev–Trinajstić information content (AvgIpc) is 2.30. The van der Waals surface area contributed by atoms with E-state index in [-0.39, 0.29) is 6.61 Å². The molecule has 1 aromatic rings. The predicted molar refractivity (Wildman–Crippen MR) is 58.7 cm³/mol. The summed E-state index contributed by atoms with van der Waals surface area (Å²) < 4.78 is 0. The van der Waals surface area contributed by atoms with E-state index in [0.29, 0.717) is 13.0 Å². The average molecular weight is 206 g/mol. The fraction of sp³-hybridized carbons (Fsp3) is 0.364. The van der Waals surface area contributed by atoms with Crippen LogP contribution in [-0.4, -0.2) is 35.7 Å². The summed E-state index contributed by atoms with van der Waals surface area (Å²) in [6.45, 7) is 1.55. The Morgan fingerprint density at radius 2 is 2.13 bits per heavy atom. The Kier molecular flexibility index (Phi) is 2.87. The maximum Gasteiger partial charge on any atom is 0.0906 e. The summed E-state index contributed by atoms with van der Waals surface area (Å²) in [5.74, 6) is 0. The predicted octanol–water partition coefficient (Wildman–Crippen LogP) is 1.07. The van der Waals surface area contributed by atoms with Gasteiger partial charge < -0.3 is 15.2 Å². The molecule has 0 spiro atoms. The lowest BCUT2D eigenvalue weighted by molar-refractivity contribution is 0.301. The molecule has 0 saturated carbocycles. The molecule has 2 N–H and O–H groups in total. The highest BCUT2D eigenvalue weighted by Crippen LogP contribution is 2.26. The van der Waals surface area contributed by atoms with E-state index < -0.39 is 0 Å². The van der Waals surface area contributed by atoms with Crippen LogP contribution in [-0.2, 0) is 0 Å². The van der Waals surface area contributed by atoms with Crippen LogP contribution in [0.3, 0.4) is 0 Å². The third-order valence-corrected chi connectivity index (χ3v) is 2.66. The van der Waals surface area contributed by atoms with Gasteiger partial charge in [-0.05, 0) is 6.07 Å². The molecule has 1 aliphatic rings. The van der Waals surface area contributed by atoms with Crippen molar-refractivity contribution >= 4 is 11.4 Å². The molecule has 4 heteroatoms. The number of anilines is 1. The lowest BCUT2D eigenvalue weighted by Gasteiger charge is -2.30. The van der Waals surface area contributed by atoms with Crippen molar-refractivity contribution in [2.45, 2.75) is 6.42 Å². The van der Waals surface area contributed by atoms with Crippen LogP contribution < -0.4 is 4.90 Å². The maximum atomic E-state index is 8.95. The van der Waals surface area contributed by atoms with E-state index in [1.165, 1.54) is 0 Å². The first-order chi connectivity index (χ1) is 7.36. The van der Waals surface area contributed by atoms with Crippen LogP contribution >= 0.6 is 0 Å². The van der Waals surface area contributed by atoms with Gasteiger partial charge in [0.05, 0.1) is 12.3 Å². The first-order valence-electron chi connectivity index (χ1n) is 5.03. The van der Waals surface area contributed by atoms with Gasteiger partial charge in [-0.25, -0.2) is 0 Å². The minimum atomic E-state index is 0.139. The second-order valence-corrected chi connectivity index (χ2v) is 3.52. The van der Waals surface area contributed by atoms with E-state index >= 15 is 0 Å². The molecule has 0 atom stereocenters. The number of para-hydroxylation sites is 1. The van der Waals surface area contributed by atoms with Gasteiger partial charge in [0.2, 0.25) is 0 Å². The smallest absolute Gasteiger partial charge is 0.0906 e. The van der Waals surface area contributed by atoms with Crippen molar-refractivity contribution in [2.24, 2.45) is 5.16 Å². The Morgan fingerprint density at radius 1 is 1.33 bits per heavy atom. The number of aliphatic hydroxyl groups is 1. The quantitative estimate of drug-likeness (QED) is 0.562. The summed E-state index contributed by atoms with van der Waals surface area (Å²) >= 11 is 0. The van der Waals surface area contributed by atoms with E-state index in [1.807, 2.05) is 24.3 Å². The topological polar surface area (TPSA) is 56.1 Å². The van der Waals surface area contributed by atoms with Gasteiger partial charge >= 0.3 is 0 Å². The Balaban J connectivity index is 2.39. The number of oxime groups is 1. The molecule has 0 fully saturated rings. The first kappa shape index (κ1) is 9.98. The molecule has 0 radical (unpaired) electrons. The summed E-state index contributed by atoms with van der Waals surface area (Å²) in [6, 6.07) is 7.79. The van der Waals surface area contributed by atoms with E-state index in [1.54, 1.807) is 0 Å². The summed E-state index contributed by atoms with van der Waals surface area (Å²) in [5.41, 5.74) is 2.71. The summed E-state index contributed by atoms with van der Waals surface area (Å²) in [4.78, 5) is 2.10. The fourth-order valence-corrected chi connectivity index (χ4v) is 1.95. The zero-order valence-electron chi connectivity index (χ0n) is 8.43. The third-order valence-electron chi connectivity index (χ3n) is 2.66. The van der Waals surface area contributed by atoms with Gasteiger partial charge in [-0.3, -0.25) is 0 Å². The Hall–Kier alpha value is -1.55. The van der Waals surface area contributed by atoms with Crippen LogP contribution in [0.15, 0.2) is 29.4 Å². The number of hydrogen-bond acceptors (Lipinski definition) is 4. The zero-order chi connectivity index (χ0) is 10.7. The highest BCUT2D eigenvalue weighted by molar-refractivity contribution is 6.06. The van der Waals surface area contributed by atoms with Gasteiger partial charge in [0.15, 0.2) is 0 Å². The standard InChI is InChI=1S/C11H14N2O2/c14-8-7-13-6-5-10(12-15)9-3-1-2-4-11(9)13/h1-4,14-15H,5-8H2. The van der Waals surface area contributed by atoms with Gasteiger partial charge in [-0.1, -0.05) is 23.4 Å². The Bertz CT molecular complexity index is 377. The monoisotopic (exact) mass is 206 g/mol. The Labute approximate surface area is 88.4 Å². The van der Waals surface area contributed by atoms with Gasteiger partial charge in [0.25, 0.3) is 0 Å². The highest BCUT2D eigenvalue weighted by Gasteiger charge is 2.20. The van der Waals surface area contributed by atoms with Crippen LogP contribution in [0.2, 0.25) is 0 Å². The van der Waals surface area contributed by atoms with Crippen molar-refractivity contribution in [3.8, 4) is 0 Å². The molecule has 0 aliphatic carbocycles. The molecule has 1 aliphatic heterocycles. The minimum Gasteiger partial charge on any atom is -0.411 e. The molecule has 2 rings (SSSR count). The molecule has 80 valence electrons. The number of fused-ring (bicyclic) bond motifs is 1. The summed E-state index contributed by atoms with van der Waals surface area (Å²) in [6.07, 6.45) is 0.716. The summed E-state index contributed by atoms with van der Waals surface area (Å²) in [7, 11) is 0. The first-order valence-corrected chi connectivity index (χ1v) is 5.03. The van der Waals surface area contributed by atoms with Gasteiger partial charge in [0, 0.05) is 30.8 Å². The van der Waals surface area contributed by atoms with Gasteiger partial charge in [-0.15, -0.1) is 0 Å². The Morgan fingerprint density at radius 3 is 2.87 bits per heavy atom. The van der Waals surface area contributed by atoms with Crippen molar-refractivity contribution in [1.29, 1.82) is 0 Å². The number of β-amino-alcohol motifs (C(OH)–C–C–N with tert-alkyl or cyclic N) is 1. The molecule has 0 aromatic heterocycles. The van der Waals surface area contributed by atoms with Gasteiger partial charge in [0.1, 0.15) is 0 Å². The van der Waals surface area contributed by atoms with Crippen molar-refractivity contribution in [3.05, 3.63) is 29.8 Å².